The van der Waals surface area contributed by atoms with Crippen molar-refractivity contribution in [3.8, 4) is 17.0 Å². The molecule has 0 saturated carbocycles. The van der Waals surface area contributed by atoms with E-state index in [1.807, 2.05) is 0 Å². The summed E-state index contributed by atoms with van der Waals surface area (Å²) in [5.74, 6) is -1.23. The van der Waals surface area contributed by atoms with Gasteiger partial charge in [0.05, 0.1) is 22.8 Å². The van der Waals surface area contributed by atoms with E-state index in [1.165, 1.54) is 64.3 Å². The van der Waals surface area contributed by atoms with Gasteiger partial charge in [0.25, 0.3) is 5.56 Å². The summed E-state index contributed by atoms with van der Waals surface area (Å²) in [5.41, 5.74) is -0.393. The maximum atomic E-state index is 13.3. The van der Waals surface area contributed by atoms with Gasteiger partial charge >= 0.3 is 0 Å². The molecule has 0 fully saturated rings. The third-order valence-electron chi connectivity index (χ3n) is 4.28. The zero-order chi connectivity index (χ0) is 19.8. The molecule has 7 nitrogen and oxygen atoms in total. The fourth-order valence-electron chi connectivity index (χ4n) is 2.90. The number of nitrogens with zero attached hydrogens (tertiary/aromatic N) is 4. The van der Waals surface area contributed by atoms with Crippen molar-refractivity contribution in [2.24, 2.45) is 0 Å². The lowest BCUT2D eigenvalue weighted by Crippen LogP contribution is -2.24. The monoisotopic (exact) mass is 434 g/mol. The third-order valence-corrected chi connectivity index (χ3v) is 4.57. The fraction of sp³-hybridized carbons (Fsp3) is 0.0526. The van der Waals surface area contributed by atoms with Crippen molar-refractivity contribution in [3.05, 3.63) is 92.4 Å². The molecule has 3 heterocycles. The number of hydrogen-bond acceptors (Lipinski definition) is 5. The highest BCUT2D eigenvalue weighted by Crippen LogP contribution is 2.19. The smallest absolute Gasteiger partial charge is 0.279 e. The molecule has 0 bridgehead atoms. The van der Waals surface area contributed by atoms with Crippen molar-refractivity contribution in [1.82, 2.24) is 18.9 Å². The Morgan fingerprint density at radius 2 is 1.97 bits per heavy atom. The van der Waals surface area contributed by atoms with E-state index in [4.69, 9.17) is 11.6 Å². The Morgan fingerprint density at radius 1 is 1.17 bits per heavy atom. The minimum absolute atomic E-state index is 0. The van der Waals surface area contributed by atoms with Crippen LogP contribution in [0.4, 0.5) is 4.39 Å². The molecule has 148 valence electrons. The first-order chi connectivity index (χ1) is 13.5. The summed E-state index contributed by atoms with van der Waals surface area (Å²) in [6, 6.07) is 5.65. The predicted molar refractivity (Wildman–Crippen MR) is 108 cm³/mol. The van der Waals surface area contributed by atoms with Crippen LogP contribution < -0.4 is 11.0 Å². The molecule has 10 heteroatoms. The Balaban J connectivity index is 0.00000240. The first-order valence-electron chi connectivity index (χ1n) is 8.13. The molecular weight excluding hydrogens is 422 g/mol. The van der Waals surface area contributed by atoms with Crippen LogP contribution in [-0.4, -0.2) is 24.0 Å². The van der Waals surface area contributed by atoms with Crippen LogP contribution in [0.5, 0.6) is 5.75 Å². The van der Waals surface area contributed by atoms with Gasteiger partial charge in [0.1, 0.15) is 12.1 Å². The second-order valence-corrected chi connectivity index (χ2v) is 6.46. The maximum absolute atomic E-state index is 13.3. The summed E-state index contributed by atoms with van der Waals surface area (Å²) in [5, 5.41) is 10.3. The van der Waals surface area contributed by atoms with Crippen LogP contribution >= 0.6 is 24.0 Å². The highest BCUT2D eigenvalue weighted by Gasteiger charge is 2.16. The lowest BCUT2D eigenvalue weighted by atomic mass is 10.1. The molecule has 29 heavy (non-hydrogen) atoms. The van der Waals surface area contributed by atoms with Crippen LogP contribution in [-0.2, 0) is 6.54 Å². The second-order valence-electron chi connectivity index (χ2n) is 6.05. The van der Waals surface area contributed by atoms with Gasteiger partial charge in [-0.3, -0.25) is 9.59 Å². The molecule has 0 aliphatic rings. The molecule has 1 N–H and O–H groups in total. The van der Waals surface area contributed by atoms with E-state index in [2.05, 4.69) is 9.97 Å². The number of aromatic nitrogens is 4. The van der Waals surface area contributed by atoms with Gasteiger partial charge in [0.2, 0.25) is 5.43 Å². The van der Waals surface area contributed by atoms with Crippen LogP contribution in [0.2, 0.25) is 5.02 Å². The molecule has 4 rings (SSSR count). The Hall–Kier alpha value is -3.23. The molecule has 0 unspecified atom stereocenters. The van der Waals surface area contributed by atoms with Gasteiger partial charge in [-0.15, -0.1) is 12.4 Å². The topological polar surface area (TPSA) is 89.5 Å². The van der Waals surface area contributed by atoms with Crippen molar-refractivity contribution in [2.75, 3.05) is 0 Å². The predicted octanol–water partition coefficient (Wildman–Crippen LogP) is 2.89. The van der Waals surface area contributed by atoms with Crippen LogP contribution in [0.3, 0.4) is 0 Å². The van der Waals surface area contributed by atoms with Crippen LogP contribution in [0, 0.1) is 5.82 Å². The van der Waals surface area contributed by atoms with Crippen molar-refractivity contribution in [2.45, 2.75) is 6.54 Å². The summed E-state index contributed by atoms with van der Waals surface area (Å²) in [4.78, 5) is 33.2. The quantitative estimate of drug-likeness (QED) is 0.535. The average Bonchev–Trinajstić information content (AvgIpc) is 2.70. The average molecular weight is 435 g/mol. The van der Waals surface area contributed by atoms with E-state index in [0.717, 1.165) is 0 Å². The van der Waals surface area contributed by atoms with E-state index in [0.29, 0.717) is 11.3 Å². The third kappa shape index (κ3) is 3.72. The highest BCUT2D eigenvalue weighted by atomic mass is 35.5. The molecule has 0 aliphatic carbocycles. The molecule has 0 atom stereocenters. The lowest BCUT2D eigenvalue weighted by molar-refractivity contribution is 0.472. The second kappa shape index (κ2) is 8.02. The van der Waals surface area contributed by atoms with Crippen LogP contribution in [0.15, 0.2) is 65.0 Å². The Labute approximate surface area is 174 Å². The Morgan fingerprint density at radius 3 is 2.66 bits per heavy atom. The van der Waals surface area contributed by atoms with Crippen molar-refractivity contribution < 1.29 is 9.50 Å². The largest absolute Gasteiger partial charge is 0.503 e. The number of hydrogen-bond donors (Lipinski definition) is 1. The van der Waals surface area contributed by atoms with E-state index in [1.54, 1.807) is 0 Å². The number of fused-ring (bicyclic) bond motifs is 1. The normalized spacial score (nSPS) is 10.7. The minimum Gasteiger partial charge on any atom is -0.503 e. The van der Waals surface area contributed by atoms with Gasteiger partial charge in [-0.05, 0) is 23.8 Å². The zero-order valence-electron chi connectivity index (χ0n) is 14.6. The summed E-state index contributed by atoms with van der Waals surface area (Å²) in [6.45, 7) is 0.0939. The molecule has 0 aliphatic heterocycles. The fourth-order valence-corrected chi connectivity index (χ4v) is 3.10. The van der Waals surface area contributed by atoms with Crippen LogP contribution in [0.1, 0.15) is 5.56 Å². The maximum Gasteiger partial charge on any atom is 0.279 e. The molecule has 0 spiro atoms. The van der Waals surface area contributed by atoms with Gasteiger partial charge in [-0.2, -0.15) is 0 Å². The van der Waals surface area contributed by atoms with Gasteiger partial charge in [-0.25, -0.2) is 14.4 Å². The van der Waals surface area contributed by atoms with E-state index in [9.17, 15) is 19.1 Å². The SMILES string of the molecule is Cl.O=c1c(-c2ccncn2)cn2ccn(Cc3ccc(F)c(Cl)c3)c(=O)c2c1O. The van der Waals surface area contributed by atoms with Gasteiger partial charge in [0, 0.05) is 24.8 Å². The first kappa shape index (κ1) is 20.5. The Bertz CT molecular complexity index is 1320. The number of aromatic hydroxyl groups is 1. The number of halogens is 3. The van der Waals surface area contributed by atoms with Gasteiger partial charge < -0.3 is 14.1 Å². The molecule has 0 saturated heterocycles. The summed E-state index contributed by atoms with van der Waals surface area (Å²) >= 11 is 5.78. The zero-order valence-corrected chi connectivity index (χ0v) is 16.2. The standard InChI is InChI=1S/C19H12ClFN4O3.ClH/c20-13-7-11(1-2-14(13)21)8-25-6-5-24-9-12(15-3-4-22-10-23-15)17(26)18(27)16(24)19(25)28;/h1-7,9-10,27H,8H2;1H. The van der Waals surface area contributed by atoms with Crippen molar-refractivity contribution >= 4 is 29.5 Å². The first-order valence-corrected chi connectivity index (χ1v) is 8.51. The highest BCUT2D eigenvalue weighted by molar-refractivity contribution is 6.30. The van der Waals surface area contributed by atoms with Gasteiger partial charge in [-0.1, -0.05) is 17.7 Å². The van der Waals surface area contributed by atoms with E-state index in [-0.39, 0.29) is 35.1 Å². The molecule has 1 aromatic carbocycles. The molecule has 3 aromatic heterocycles. The number of benzene rings is 1. The molecular formula is C19H13Cl2FN4O3. The Kier molecular flexibility index (Phi) is 5.67. The number of rotatable bonds is 3. The van der Waals surface area contributed by atoms with E-state index >= 15 is 0 Å². The van der Waals surface area contributed by atoms with Crippen LogP contribution in [0.25, 0.3) is 16.8 Å². The molecule has 4 aromatic rings. The van der Waals surface area contributed by atoms with Gasteiger partial charge in [0.15, 0.2) is 11.3 Å². The summed E-state index contributed by atoms with van der Waals surface area (Å²) < 4.78 is 16.0. The van der Waals surface area contributed by atoms with E-state index < -0.39 is 22.6 Å². The lowest BCUT2D eigenvalue weighted by Gasteiger charge is -2.11. The minimum atomic E-state index is -0.710. The summed E-state index contributed by atoms with van der Waals surface area (Å²) in [7, 11) is 0. The van der Waals surface area contributed by atoms with Crippen molar-refractivity contribution in [3.63, 3.8) is 0 Å². The van der Waals surface area contributed by atoms with Crippen molar-refractivity contribution in [1.29, 1.82) is 0 Å². The number of pyridine rings is 1. The molecule has 0 radical (unpaired) electrons. The molecule has 0 amide bonds. The summed E-state index contributed by atoms with van der Waals surface area (Å²) in [6.07, 6.45) is 7.22.